The van der Waals surface area contributed by atoms with E-state index in [1.165, 1.54) is 0 Å². The highest BCUT2D eigenvalue weighted by Gasteiger charge is 2.21. The van der Waals surface area contributed by atoms with Crippen molar-refractivity contribution < 1.29 is 14.7 Å². The van der Waals surface area contributed by atoms with Crippen LogP contribution in [-0.4, -0.2) is 28.5 Å². The third-order valence-corrected chi connectivity index (χ3v) is 4.88. The van der Waals surface area contributed by atoms with Gasteiger partial charge in [0.1, 0.15) is 5.69 Å². The van der Waals surface area contributed by atoms with Gasteiger partial charge in [0.25, 0.3) is 11.8 Å². The minimum Gasteiger partial charge on any atom is -0.396 e. The number of aliphatic hydroxyl groups excluding tert-OH is 1. The number of aliphatic hydroxyl groups is 1. The average molecular weight is 415 g/mol. The molecule has 2 amide bonds. The number of allylic oxidation sites excluding steroid dienone is 2. The molecule has 0 spiro atoms. The summed E-state index contributed by atoms with van der Waals surface area (Å²) in [4.78, 5) is 31.4. The molecule has 3 aromatic rings. The fourth-order valence-corrected chi connectivity index (χ4v) is 3.18. The Morgan fingerprint density at radius 2 is 1.74 bits per heavy atom. The molecule has 31 heavy (non-hydrogen) atoms. The highest BCUT2D eigenvalue weighted by molar-refractivity contribution is 6.09. The van der Waals surface area contributed by atoms with E-state index < -0.39 is 0 Å². The summed E-state index contributed by atoms with van der Waals surface area (Å²) in [7, 11) is 0. The maximum Gasteiger partial charge on any atom is 0.274 e. The summed E-state index contributed by atoms with van der Waals surface area (Å²) in [6, 6.07) is 19.5. The number of carbonyl (C=O) groups is 2. The molecule has 158 valence electrons. The molecule has 0 saturated carbocycles. The third-order valence-electron chi connectivity index (χ3n) is 4.88. The number of benzene rings is 2. The standard InChI is InChI=1S/C25H25N3O3/c1-3-18(2)28(25(31)22-9-5-4-8-19(22)15-17-29)21-13-11-20(12-14-21)27-24(30)23-10-6-7-16-26-23/h3-14,16,29H,15,17H2,1-2H3,(H,27,30)/b18-3-. The highest BCUT2D eigenvalue weighted by atomic mass is 16.3. The molecule has 0 atom stereocenters. The Kier molecular flexibility index (Phi) is 7.30. The summed E-state index contributed by atoms with van der Waals surface area (Å²) in [5.41, 5.74) is 3.72. The molecule has 0 aliphatic rings. The number of nitrogens with one attached hydrogen (secondary N) is 1. The van der Waals surface area contributed by atoms with E-state index >= 15 is 0 Å². The van der Waals surface area contributed by atoms with Crippen LogP contribution >= 0.6 is 0 Å². The predicted molar refractivity (Wildman–Crippen MR) is 122 cm³/mol. The Hall–Kier alpha value is -3.77. The molecule has 6 heteroatoms. The molecule has 0 aliphatic heterocycles. The van der Waals surface area contributed by atoms with Crippen molar-refractivity contribution in [3.05, 3.63) is 102 Å². The monoisotopic (exact) mass is 415 g/mol. The van der Waals surface area contributed by atoms with E-state index in [0.29, 0.717) is 29.1 Å². The maximum absolute atomic E-state index is 13.4. The number of nitrogens with zero attached hydrogens (tertiary/aromatic N) is 2. The first kappa shape index (κ1) is 21.9. The topological polar surface area (TPSA) is 82.5 Å². The Bertz CT molecular complexity index is 1080. The largest absolute Gasteiger partial charge is 0.396 e. The van der Waals surface area contributed by atoms with Crippen molar-refractivity contribution in [1.29, 1.82) is 0 Å². The predicted octanol–water partition coefficient (Wildman–Crippen LogP) is 4.44. The zero-order valence-electron chi connectivity index (χ0n) is 17.6. The van der Waals surface area contributed by atoms with E-state index in [9.17, 15) is 14.7 Å². The summed E-state index contributed by atoms with van der Waals surface area (Å²) >= 11 is 0. The molecule has 0 fully saturated rings. The first-order valence-electron chi connectivity index (χ1n) is 10.0. The minimum atomic E-state index is -0.302. The van der Waals surface area contributed by atoms with Crippen molar-refractivity contribution in [2.24, 2.45) is 0 Å². The molecule has 1 heterocycles. The number of carbonyl (C=O) groups excluding carboxylic acids is 2. The molecule has 0 aliphatic carbocycles. The van der Waals surface area contributed by atoms with E-state index in [1.807, 2.05) is 38.1 Å². The number of amides is 2. The van der Waals surface area contributed by atoms with Gasteiger partial charge in [0, 0.05) is 35.4 Å². The Balaban J connectivity index is 1.87. The van der Waals surface area contributed by atoms with Gasteiger partial charge in [-0.1, -0.05) is 30.3 Å². The summed E-state index contributed by atoms with van der Waals surface area (Å²) in [5, 5.41) is 12.2. The van der Waals surface area contributed by atoms with E-state index in [0.717, 1.165) is 11.3 Å². The normalized spacial score (nSPS) is 11.1. The first-order chi connectivity index (χ1) is 15.0. The molecule has 0 radical (unpaired) electrons. The average Bonchev–Trinajstić information content (AvgIpc) is 2.81. The van der Waals surface area contributed by atoms with Crippen LogP contribution in [0.1, 0.15) is 40.3 Å². The van der Waals surface area contributed by atoms with Crippen molar-refractivity contribution in [2.75, 3.05) is 16.8 Å². The van der Waals surface area contributed by atoms with Crippen LogP contribution in [-0.2, 0) is 6.42 Å². The smallest absolute Gasteiger partial charge is 0.274 e. The molecular formula is C25H25N3O3. The Morgan fingerprint density at radius 3 is 2.39 bits per heavy atom. The quantitative estimate of drug-likeness (QED) is 0.598. The summed E-state index contributed by atoms with van der Waals surface area (Å²) < 4.78 is 0. The van der Waals surface area contributed by atoms with Gasteiger partial charge in [-0.05, 0) is 68.3 Å². The van der Waals surface area contributed by atoms with Gasteiger partial charge in [-0.3, -0.25) is 19.5 Å². The maximum atomic E-state index is 13.4. The van der Waals surface area contributed by atoms with Crippen molar-refractivity contribution in [2.45, 2.75) is 20.3 Å². The lowest BCUT2D eigenvalue weighted by Crippen LogP contribution is -2.30. The van der Waals surface area contributed by atoms with Crippen LogP contribution in [0.5, 0.6) is 0 Å². The number of rotatable bonds is 7. The van der Waals surface area contributed by atoms with Crippen LogP contribution in [0.2, 0.25) is 0 Å². The number of pyridine rings is 1. The fraction of sp³-hybridized carbons (Fsp3) is 0.160. The lowest BCUT2D eigenvalue weighted by molar-refractivity contribution is 0.0991. The molecule has 1 aromatic heterocycles. The van der Waals surface area contributed by atoms with Crippen molar-refractivity contribution in [3.8, 4) is 0 Å². The van der Waals surface area contributed by atoms with Crippen LogP contribution in [0, 0.1) is 0 Å². The molecule has 2 N–H and O–H groups in total. The third kappa shape index (κ3) is 5.24. The van der Waals surface area contributed by atoms with Crippen molar-refractivity contribution in [1.82, 2.24) is 4.98 Å². The van der Waals surface area contributed by atoms with Gasteiger partial charge in [-0.25, -0.2) is 0 Å². The van der Waals surface area contributed by atoms with Crippen molar-refractivity contribution in [3.63, 3.8) is 0 Å². The van der Waals surface area contributed by atoms with Gasteiger partial charge < -0.3 is 10.4 Å². The minimum absolute atomic E-state index is 0.0302. The van der Waals surface area contributed by atoms with Crippen molar-refractivity contribution >= 4 is 23.2 Å². The molecule has 2 aromatic carbocycles. The Labute approximate surface area is 181 Å². The van der Waals surface area contributed by atoms with Crippen LogP contribution in [0.25, 0.3) is 0 Å². The summed E-state index contributed by atoms with van der Waals surface area (Å²) in [6.45, 7) is 3.71. The molecular weight excluding hydrogens is 390 g/mol. The second-order valence-corrected chi connectivity index (χ2v) is 6.92. The van der Waals surface area contributed by atoms with Gasteiger partial charge >= 0.3 is 0 Å². The van der Waals surface area contributed by atoms with Crippen LogP contribution in [0.3, 0.4) is 0 Å². The van der Waals surface area contributed by atoms with Crippen LogP contribution in [0.15, 0.2) is 84.7 Å². The van der Waals surface area contributed by atoms with E-state index in [1.54, 1.807) is 59.6 Å². The zero-order chi connectivity index (χ0) is 22.2. The van der Waals surface area contributed by atoms with Crippen LogP contribution in [0.4, 0.5) is 11.4 Å². The summed E-state index contributed by atoms with van der Waals surface area (Å²) in [6.07, 6.45) is 3.84. The van der Waals surface area contributed by atoms with Gasteiger partial charge in [0.15, 0.2) is 0 Å². The highest BCUT2D eigenvalue weighted by Crippen LogP contribution is 2.25. The zero-order valence-corrected chi connectivity index (χ0v) is 17.6. The lowest BCUT2D eigenvalue weighted by atomic mass is 10.0. The number of aromatic nitrogens is 1. The van der Waals surface area contributed by atoms with E-state index in [-0.39, 0.29) is 18.4 Å². The molecule has 3 rings (SSSR count). The Morgan fingerprint density at radius 1 is 1.03 bits per heavy atom. The number of anilines is 2. The summed E-state index contributed by atoms with van der Waals surface area (Å²) in [5.74, 6) is -0.478. The van der Waals surface area contributed by atoms with Crippen LogP contribution < -0.4 is 10.2 Å². The molecule has 0 saturated heterocycles. The van der Waals surface area contributed by atoms with Gasteiger partial charge in [-0.15, -0.1) is 0 Å². The first-order valence-corrected chi connectivity index (χ1v) is 10.0. The van der Waals surface area contributed by atoms with Gasteiger partial charge in [0.05, 0.1) is 0 Å². The molecule has 0 bridgehead atoms. The molecule has 6 nitrogen and oxygen atoms in total. The SMILES string of the molecule is C/C=C(/C)N(C(=O)c1ccccc1CCO)c1ccc(NC(=O)c2ccccn2)cc1. The van der Waals surface area contributed by atoms with E-state index in [2.05, 4.69) is 10.3 Å². The van der Waals surface area contributed by atoms with Gasteiger partial charge in [0.2, 0.25) is 0 Å². The second-order valence-electron chi connectivity index (χ2n) is 6.92. The second kappa shape index (κ2) is 10.3. The lowest BCUT2D eigenvalue weighted by Gasteiger charge is -2.25. The fourth-order valence-electron chi connectivity index (χ4n) is 3.18. The van der Waals surface area contributed by atoms with Gasteiger partial charge in [-0.2, -0.15) is 0 Å². The van der Waals surface area contributed by atoms with E-state index in [4.69, 9.17) is 0 Å². The molecule has 0 unspecified atom stereocenters. The number of hydrogen-bond acceptors (Lipinski definition) is 4. The number of hydrogen-bond donors (Lipinski definition) is 2.